The highest BCUT2D eigenvalue weighted by molar-refractivity contribution is 8.01. The van der Waals surface area contributed by atoms with E-state index in [1.54, 1.807) is 36.1 Å². The van der Waals surface area contributed by atoms with Crippen LogP contribution in [-0.2, 0) is 19.5 Å². The van der Waals surface area contributed by atoms with E-state index in [0.717, 1.165) is 50.7 Å². The number of carbonyl (C=O) groups is 1. The number of furan rings is 1. The third-order valence-electron chi connectivity index (χ3n) is 4.98. The molecule has 178 valence electrons. The fourth-order valence-electron chi connectivity index (χ4n) is 3.17. The SMILES string of the molecule is Cc1oc(S(=O)(=O)N(C)C)cc1C(=O)Nc1ccc2nc(SCCC3OCCCO3)sc2c1. The number of carbonyl (C=O) groups excluding carboxylic acids is 1. The Morgan fingerprint density at radius 3 is 2.76 bits per heavy atom. The Kier molecular flexibility index (Phi) is 7.41. The van der Waals surface area contributed by atoms with E-state index in [1.165, 1.54) is 20.2 Å². The number of aryl methyl sites for hydroxylation is 1. The highest BCUT2D eigenvalue weighted by atomic mass is 32.2. The lowest BCUT2D eigenvalue weighted by Crippen LogP contribution is -2.25. The van der Waals surface area contributed by atoms with E-state index >= 15 is 0 Å². The minimum Gasteiger partial charge on any atom is -0.448 e. The molecule has 33 heavy (non-hydrogen) atoms. The Hall–Kier alpha value is -1.96. The van der Waals surface area contributed by atoms with Gasteiger partial charge in [-0.05, 0) is 31.5 Å². The standard InChI is InChI=1S/C21H25N3O6S3/c1-13-15(12-19(30-13)33(26,27)24(2)3)20(25)22-14-5-6-16-17(11-14)32-21(23-16)31-10-7-18-28-8-4-9-29-18/h5-6,11-12,18H,4,7-10H2,1-3H3,(H,22,25). The molecule has 0 saturated carbocycles. The van der Waals surface area contributed by atoms with Crippen LogP contribution in [-0.4, -0.2) is 63.0 Å². The summed E-state index contributed by atoms with van der Waals surface area (Å²) in [7, 11) is -0.956. The largest absolute Gasteiger partial charge is 0.448 e. The maximum Gasteiger partial charge on any atom is 0.275 e. The molecule has 4 rings (SSSR count). The van der Waals surface area contributed by atoms with E-state index in [9.17, 15) is 13.2 Å². The molecule has 1 N–H and O–H groups in total. The van der Waals surface area contributed by atoms with Gasteiger partial charge in [-0.15, -0.1) is 11.3 Å². The summed E-state index contributed by atoms with van der Waals surface area (Å²) in [6.45, 7) is 3.05. The summed E-state index contributed by atoms with van der Waals surface area (Å²) in [5.74, 6) is 0.630. The summed E-state index contributed by atoms with van der Waals surface area (Å²) in [6, 6.07) is 6.73. The van der Waals surface area contributed by atoms with Crippen molar-refractivity contribution in [2.75, 3.05) is 38.4 Å². The number of rotatable bonds is 8. The molecule has 1 saturated heterocycles. The van der Waals surface area contributed by atoms with Gasteiger partial charge in [0.05, 0.1) is 29.0 Å². The van der Waals surface area contributed by atoms with Crippen molar-refractivity contribution >= 4 is 54.9 Å². The number of amides is 1. The van der Waals surface area contributed by atoms with Crippen LogP contribution in [0.2, 0.25) is 0 Å². The van der Waals surface area contributed by atoms with E-state index < -0.39 is 15.9 Å². The van der Waals surface area contributed by atoms with E-state index in [1.807, 2.05) is 12.1 Å². The monoisotopic (exact) mass is 511 g/mol. The van der Waals surface area contributed by atoms with Crippen LogP contribution in [0, 0.1) is 6.92 Å². The number of nitrogens with one attached hydrogen (secondary N) is 1. The molecule has 1 aliphatic heterocycles. The summed E-state index contributed by atoms with van der Waals surface area (Å²) >= 11 is 3.20. The molecule has 0 atom stereocenters. The molecule has 1 amide bonds. The molecule has 9 nitrogen and oxygen atoms in total. The minimum atomic E-state index is -3.76. The molecule has 1 aromatic carbocycles. The maximum absolute atomic E-state index is 12.8. The molecule has 1 fully saturated rings. The van der Waals surface area contributed by atoms with Gasteiger partial charge in [0.25, 0.3) is 15.9 Å². The van der Waals surface area contributed by atoms with E-state index in [2.05, 4.69) is 10.3 Å². The second-order valence-electron chi connectivity index (χ2n) is 7.60. The van der Waals surface area contributed by atoms with E-state index in [4.69, 9.17) is 13.9 Å². The number of aromatic nitrogens is 1. The third-order valence-corrected chi connectivity index (χ3v) is 8.84. The molecule has 12 heteroatoms. The van der Waals surface area contributed by atoms with Gasteiger partial charge in [-0.2, -0.15) is 0 Å². The number of hydrogen-bond donors (Lipinski definition) is 1. The quantitative estimate of drug-likeness (QED) is 0.453. The minimum absolute atomic E-state index is 0.137. The Labute approximate surface area is 200 Å². The highest BCUT2D eigenvalue weighted by Crippen LogP contribution is 2.32. The second kappa shape index (κ2) is 10.1. The van der Waals surface area contributed by atoms with Gasteiger partial charge in [0.2, 0.25) is 5.09 Å². The van der Waals surface area contributed by atoms with Crippen LogP contribution in [0.1, 0.15) is 29.0 Å². The number of hydrogen-bond acceptors (Lipinski definition) is 9. The van der Waals surface area contributed by atoms with Crippen molar-refractivity contribution < 1.29 is 27.1 Å². The number of anilines is 1. The van der Waals surface area contributed by atoms with Crippen molar-refractivity contribution in [3.63, 3.8) is 0 Å². The van der Waals surface area contributed by atoms with Gasteiger partial charge in [-0.25, -0.2) is 17.7 Å². The van der Waals surface area contributed by atoms with Crippen LogP contribution < -0.4 is 5.32 Å². The number of sulfonamides is 1. The summed E-state index contributed by atoms with van der Waals surface area (Å²) in [6.07, 6.45) is 1.61. The van der Waals surface area contributed by atoms with Gasteiger partial charge in [0.1, 0.15) is 5.76 Å². The Balaban J connectivity index is 1.41. The fourth-order valence-corrected chi connectivity index (χ4v) is 6.17. The van der Waals surface area contributed by atoms with Gasteiger partial charge in [-0.3, -0.25) is 4.79 Å². The number of ether oxygens (including phenoxy) is 2. The molecular formula is C21H25N3O6S3. The van der Waals surface area contributed by atoms with Gasteiger partial charge >= 0.3 is 0 Å². The van der Waals surface area contributed by atoms with Crippen molar-refractivity contribution in [1.29, 1.82) is 0 Å². The lowest BCUT2D eigenvalue weighted by molar-refractivity contribution is -0.178. The lowest BCUT2D eigenvalue weighted by Gasteiger charge is -2.22. The summed E-state index contributed by atoms with van der Waals surface area (Å²) in [4.78, 5) is 17.4. The molecule has 0 bridgehead atoms. The van der Waals surface area contributed by atoms with Gasteiger partial charge in [0, 0.05) is 38.0 Å². The average Bonchev–Trinajstić information content (AvgIpc) is 3.37. The molecule has 0 radical (unpaired) electrons. The van der Waals surface area contributed by atoms with Gasteiger partial charge in [-0.1, -0.05) is 11.8 Å². The summed E-state index contributed by atoms with van der Waals surface area (Å²) in [5, 5.41) is 2.55. The smallest absolute Gasteiger partial charge is 0.275 e. The molecule has 2 aromatic heterocycles. The first kappa shape index (κ1) is 24.2. The number of benzene rings is 1. The zero-order valence-electron chi connectivity index (χ0n) is 18.5. The van der Waals surface area contributed by atoms with Crippen LogP contribution in [0.4, 0.5) is 5.69 Å². The molecule has 1 aliphatic rings. The van der Waals surface area contributed by atoms with Crippen molar-refractivity contribution in [2.45, 2.75) is 35.5 Å². The number of fused-ring (bicyclic) bond motifs is 1. The second-order valence-corrected chi connectivity index (χ2v) is 12.1. The maximum atomic E-state index is 12.8. The number of thiazole rings is 1. The van der Waals surface area contributed by atoms with Crippen molar-refractivity contribution in [1.82, 2.24) is 9.29 Å². The zero-order chi connectivity index (χ0) is 23.6. The lowest BCUT2D eigenvalue weighted by atomic mass is 10.2. The average molecular weight is 512 g/mol. The van der Waals surface area contributed by atoms with E-state index in [0.29, 0.717) is 5.69 Å². The summed E-state index contributed by atoms with van der Waals surface area (Å²) in [5.41, 5.74) is 1.61. The first-order valence-corrected chi connectivity index (χ1v) is 13.6. The van der Waals surface area contributed by atoms with Crippen LogP contribution in [0.5, 0.6) is 0 Å². The van der Waals surface area contributed by atoms with Crippen LogP contribution >= 0.6 is 23.1 Å². The van der Waals surface area contributed by atoms with Crippen LogP contribution in [0.3, 0.4) is 0 Å². The number of nitrogens with zero attached hydrogens (tertiary/aromatic N) is 2. The van der Waals surface area contributed by atoms with Gasteiger partial charge < -0.3 is 19.2 Å². The van der Waals surface area contributed by atoms with Crippen molar-refractivity contribution in [2.24, 2.45) is 0 Å². The zero-order valence-corrected chi connectivity index (χ0v) is 20.9. The number of thioether (sulfide) groups is 1. The molecule has 3 aromatic rings. The first-order valence-electron chi connectivity index (χ1n) is 10.3. The third kappa shape index (κ3) is 5.58. The van der Waals surface area contributed by atoms with Crippen LogP contribution in [0.15, 0.2) is 38.1 Å². The Bertz CT molecular complexity index is 1250. The van der Waals surface area contributed by atoms with Crippen molar-refractivity contribution in [3.05, 3.63) is 35.6 Å². The van der Waals surface area contributed by atoms with Crippen LogP contribution in [0.25, 0.3) is 10.2 Å². The normalized spacial score (nSPS) is 15.4. The predicted octanol–water partition coefficient (Wildman–Crippen LogP) is 3.95. The molecule has 0 aliphatic carbocycles. The molecule has 0 unspecified atom stereocenters. The topological polar surface area (TPSA) is 111 Å². The fraction of sp³-hybridized carbons (Fsp3) is 0.429. The first-order chi connectivity index (χ1) is 15.7. The summed E-state index contributed by atoms with van der Waals surface area (Å²) < 4.78 is 43.9. The predicted molar refractivity (Wildman–Crippen MR) is 128 cm³/mol. The van der Waals surface area contributed by atoms with Crippen molar-refractivity contribution in [3.8, 4) is 0 Å². The molecule has 0 spiro atoms. The van der Waals surface area contributed by atoms with Gasteiger partial charge in [0.15, 0.2) is 10.6 Å². The van der Waals surface area contributed by atoms with E-state index in [-0.39, 0.29) is 22.7 Å². The molecular weight excluding hydrogens is 486 g/mol. The highest BCUT2D eigenvalue weighted by Gasteiger charge is 2.26. The Morgan fingerprint density at radius 2 is 2.03 bits per heavy atom. The Morgan fingerprint density at radius 1 is 1.27 bits per heavy atom. The molecule has 3 heterocycles.